The fourth-order valence-electron chi connectivity index (χ4n) is 3.44. The van der Waals surface area contributed by atoms with E-state index in [4.69, 9.17) is 4.98 Å². The number of aromatic nitrogens is 5. The van der Waals surface area contributed by atoms with Crippen molar-refractivity contribution in [3.63, 3.8) is 0 Å². The van der Waals surface area contributed by atoms with Crippen LogP contribution in [0.2, 0.25) is 0 Å². The molecule has 28 heavy (non-hydrogen) atoms. The lowest BCUT2D eigenvalue weighted by Gasteiger charge is -2.17. The molecular formula is C18H23N7OS2. The summed E-state index contributed by atoms with van der Waals surface area (Å²) < 4.78 is 1.85. The Morgan fingerprint density at radius 3 is 2.71 bits per heavy atom. The predicted molar refractivity (Wildman–Crippen MR) is 112 cm³/mol. The molecule has 0 spiro atoms. The summed E-state index contributed by atoms with van der Waals surface area (Å²) in [6.07, 6.45) is 6.20. The van der Waals surface area contributed by atoms with Crippen LogP contribution in [0.4, 0.5) is 5.82 Å². The number of anilines is 1. The number of fused-ring (bicyclic) bond motifs is 1. The van der Waals surface area contributed by atoms with Crippen LogP contribution in [0.25, 0.3) is 11.0 Å². The second kappa shape index (κ2) is 8.04. The molecule has 1 saturated heterocycles. The monoisotopic (exact) mass is 417 g/mol. The second-order valence-corrected chi connectivity index (χ2v) is 8.71. The topological polar surface area (TPSA) is 88.8 Å². The Morgan fingerprint density at radius 2 is 2.04 bits per heavy atom. The zero-order valence-electron chi connectivity index (χ0n) is 16.2. The number of amides is 1. The molecule has 148 valence electrons. The molecule has 3 aromatic heterocycles. The van der Waals surface area contributed by atoms with Gasteiger partial charge in [0.05, 0.1) is 28.8 Å². The normalized spacial score (nSPS) is 14.2. The molecule has 0 saturated carbocycles. The minimum Gasteiger partial charge on any atom is -0.356 e. The fraction of sp³-hybridized carbons (Fsp3) is 0.500. The summed E-state index contributed by atoms with van der Waals surface area (Å²) in [6, 6.07) is 0. The number of thiazole rings is 1. The first-order valence-electron chi connectivity index (χ1n) is 9.31. The highest BCUT2D eigenvalue weighted by atomic mass is 32.2. The number of hydrogen-bond donors (Lipinski definition) is 1. The maximum Gasteiger partial charge on any atom is 0.263 e. The molecule has 1 aliphatic heterocycles. The maximum absolute atomic E-state index is 12.4. The SMILES string of the molecule is CSc1nc(N2CCCC2)c2cnn(CCNC(=O)c3sc(C)nc3C)c2n1. The Kier molecular flexibility index (Phi) is 5.49. The van der Waals surface area contributed by atoms with Crippen molar-refractivity contribution in [3.8, 4) is 0 Å². The lowest BCUT2D eigenvalue weighted by Crippen LogP contribution is -2.27. The number of aryl methyl sites for hydroxylation is 2. The molecule has 8 nitrogen and oxygen atoms in total. The molecule has 1 aliphatic rings. The van der Waals surface area contributed by atoms with Crippen molar-refractivity contribution in [2.24, 2.45) is 0 Å². The highest BCUT2D eigenvalue weighted by molar-refractivity contribution is 7.98. The van der Waals surface area contributed by atoms with Gasteiger partial charge in [0.25, 0.3) is 5.91 Å². The second-order valence-electron chi connectivity index (χ2n) is 6.74. The largest absolute Gasteiger partial charge is 0.356 e. The highest BCUT2D eigenvalue weighted by Crippen LogP contribution is 2.28. The van der Waals surface area contributed by atoms with Crippen LogP contribution in [-0.4, -0.2) is 56.5 Å². The third-order valence-corrected chi connectivity index (χ3v) is 6.38. The minimum atomic E-state index is -0.0863. The molecule has 0 bridgehead atoms. The molecule has 3 aromatic rings. The van der Waals surface area contributed by atoms with Gasteiger partial charge in [-0.25, -0.2) is 19.6 Å². The average molecular weight is 418 g/mol. The van der Waals surface area contributed by atoms with Crippen molar-refractivity contribution in [2.75, 3.05) is 30.8 Å². The van der Waals surface area contributed by atoms with Gasteiger partial charge in [-0.1, -0.05) is 11.8 Å². The van der Waals surface area contributed by atoms with Gasteiger partial charge in [-0.05, 0) is 32.9 Å². The van der Waals surface area contributed by atoms with E-state index in [-0.39, 0.29) is 5.91 Å². The Morgan fingerprint density at radius 1 is 1.25 bits per heavy atom. The van der Waals surface area contributed by atoms with E-state index >= 15 is 0 Å². The third-order valence-electron chi connectivity index (χ3n) is 4.76. The Labute approximate surface area is 171 Å². The molecule has 0 unspecified atom stereocenters. The van der Waals surface area contributed by atoms with E-state index in [9.17, 15) is 4.79 Å². The Hall–Kier alpha value is -2.20. The Balaban J connectivity index is 1.52. The van der Waals surface area contributed by atoms with E-state index in [0.29, 0.717) is 18.0 Å². The molecule has 0 aliphatic carbocycles. The molecule has 4 rings (SSSR count). The summed E-state index contributed by atoms with van der Waals surface area (Å²) in [5, 5.41) is 10.1. The predicted octanol–water partition coefficient (Wildman–Crippen LogP) is 2.65. The average Bonchev–Trinajstić information content (AvgIpc) is 3.41. The number of nitrogens with one attached hydrogen (secondary N) is 1. The van der Waals surface area contributed by atoms with Crippen LogP contribution < -0.4 is 10.2 Å². The first-order chi connectivity index (χ1) is 13.6. The number of hydrogen-bond acceptors (Lipinski definition) is 8. The molecule has 0 radical (unpaired) electrons. The molecule has 1 amide bonds. The van der Waals surface area contributed by atoms with Gasteiger partial charge in [0, 0.05) is 19.6 Å². The summed E-state index contributed by atoms with van der Waals surface area (Å²) >= 11 is 2.95. The highest BCUT2D eigenvalue weighted by Gasteiger charge is 2.20. The quantitative estimate of drug-likeness (QED) is 0.487. The minimum absolute atomic E-state index is 0.0863. The zero-order valence-corrected chi connectivity index (χ0v) is 17.9. The van der Waals surface area contributed by atoms with Crippen LogP contribution in [0.1, 0.15) is 33.2 Å². The van der Waals surface area contributed by atoms with Crippen molar-refractivity contribution in [1.29, 1.82) is 0 Å². The van der Waals surface area contributed by atoms with Crippen molar-refractivity contribution in [2.45, 2.75) is 38.4 Å². The molecule has 1 N–H and O–H groups in total. The van der Waals surface area contributed by atoms with Crippen LogP contribution in [0.3, 0.4) is 0 Å². The molecule has 10 heteroatoms. The smallest absolute Gasteiger partial charge is 0.263 e. The molecule has 1 fully saturated rings. The van der Waals surface area contributed by atoms with Crippen molar-refractivity contribution < 1.29 is 4.79 Å². The van der Waals surface area contributed by atoms with E-state index in [2.05, 4.69) is 25.3 Å². The lowest BCUT2D eigenvalue weighted by atomic mass is 10.3. The number of nitrogens with zero attached hydrogens (tertiary/aromatic N) is 6. The lowest BCUT2D eigenvalue weighted by molar-refractivity contribution is 0.0955. The van der Waals surface area contributed by atoms with Gasteiger partial charge < -0.3 is 10.2 Å². The fourth-order valence-corrected chi connectivity index (χ4v) is 4.64. The van der Waals surface area contributed by atoms with Gasteiger partial charge in [0.2, 0.25) is 0 Å². The summed E-state index contributed by atoms with van der Waals surface area (Å²) in [5.41, 5.74) is 1.59. The van der Waals surface area contributed by atoms with E-state index in [1.165, 1.54) is 35.9 Å². The van der Waals surface area contributed by atoms with Gasteiger partial charge in [-0.15, -0.1) is 11.3 Å². The number of rotatable bonds is 6. The van der Waals surface area contributed by atoms with Gasteiger partial charge in [-0.3, -0.25) is 4.79 Å². The summed E-state index contributed by atoms with van der Waals surface area (Å²) in [6.45, 7) is 6.84. The maximum atomic E-state index is 12.4. The third kappa shape index (κ3) is 3.70. The van der Waals surface area contributed by atoms with Crippen molar-refractivity contribution in [3.05, 3.63) is 21.8 Å². The van der Waals surface area contributed by atoms with E-state index < -0.39 is 0 Å². The van der Waals surface area contributed by atoms with Crippen LogP contribution in [0, 0.1) is 13.8 Å². The van der Waals surface area contributed by atoms with Crippen LogP contribution >= 0.6 is 23.1 Å². The number of carbonyl (C=O) groups excluding carboxylic acids is 1. The molecule has 0 aromatic carbocycles. The van der Waals surface area contributed by atoms with Crippen LogP contribution in [0.15, 0.2) is 11.4 Å². The van der Waals surface area contributed by atoms with Gasteiger partial charge in [0.15, 0.2) is 10.8 Å². The molecule has 0 atom stereocenters. The first-order valence-corrected chi connectivity index (χ1v) is 11.4. The zero-order chi connectivity index (χ0) is 19.7. The Bertz CT molecular complexity index is 1010. The van der Waals surface area contributed by atoms with Crippen LogP contribution in [-0.2, 0) is 6.54 Å². The summed E-state index contributed by atoms with van der Waals surface area (Å²) in [7, 11) is 0. The van der Waals surface area contributed by atoms with Gasteiger partial charge >= 0.3 is 0 Å². The van der Waals surface area contributed by atoms with Gasteiger partial charge in [0.1, 0.15) is 10.7 Å². The van der Waals surface area contributed by atoms with Crippen molar-refractivity contribution in [1.82, 2.24) is 30.0 Å². The summed E-state index contributed by atoms with van der Waals surface area (Å²) in [4.78, 5) is 29.1. The number of thioether (sulfide) groups is 1. The standard InChI is InChI=1S/C18H23N7OS2/c1-11-14(28-12(2)21-11)17(26)19-6-9-25-16-13(10-20-25)15(22-18(23-16)27-3)24-7-4-5-8-24/h10H,4-9H2,1-3H3,(H,19,26). The van der Waals surface area contributed by atoms with Gasteiger partial charge in [-0.2, -0.15) is 5.10 Å². The molecule has 4 heterocycles. The number of carbonyl (C=O) groups is 1. The van der Waals surface area contributed by atoms with E-state index in [1.807, 2.05) is 31.0 Å². The van der Waals surface area contributed by atoms with E-state index in [1.54, 1.807) is 0 Å². The van der Waals surface area contributed by atoms with Crippen molar-refractivity contribution >= 4 is 45.9 Å². The van der Waals surface area contributed by atoms with Crippen LogP contribution in [0.5, 0.6) is 0 Å². The molecular weight excluding hydrogens is 394 g/mol. The first kappa shape index (κ1) is 19.1. The van der Waals surface area contributed by atoms with E-state index in [0.717, 1.165) is 45.8 Å². The summed E-state index contributed by atoms with van der Waals surface area (Å²) in [5.74, 6) is 0.884.